The molecule has 0 saturated carbocycles. The minimum atomic E-state index is -4.35. The molecule has 1 saturated heterocycles. The summed E-state index contributed by atoms with van der Waals surface area (Å²) in [5.41, 5.74) is -0.661. The van der Waals surface area contributed by atoms with Crippen LogP contribution in [0, 0.1) is 5.92 Å². The molecule has 0 aliphatic carbocycles. The summed E-state index contributed by atoms with van der Waals surface area (Å²) in [6.45, 7) is 3.70. The Labute approximate surface area is 112 Å². The summed E-state index contributed by atoms with van der Waals surface area (Å²) in [4.78, 5) is 6.00. The van der Waals surface area contributed by atoms with Crippen LogP contribution in [0.4, 0.5) is 19.0 Å². The predicted octanol–water partition coefficient (Wildman–Crippen LogP) is 4.10. The number of nitrogens with zero attached hydrogens (tertiary/aromatic N) is 2. The van der Waals surface area contributed by atoms with E-state index >= 15 is 0 Å². The first-order valence-electron chi connectivity index (χ1n) is 5.85. The Morgan fingerprint density at radius 3 is 2.50 bits per heavy atom. The van der Waals surface area contributed by atoms with Crippen LogP contribution in [0.3, 0.4) is 0 Å². The minimum Gasteiger partial charge on any atom is -0.357 e. The fraction of sp³-hybridized carbons (Fsp3) is 0.583. The van der Waals surface area contributed by atoms with E-state index < -0.39 is 11.7 Å². The monoisotopic (exact) mass is 322 g/mol. The zero-order valence-corrected chi connectivity index (χ0v) is 11.6. The number of piperidine rings is 1. The normalized spacial score (nSPS) is 18.2. The average molecular weight is 323 g/mol. The molecule has 2 heterocycles. The van der Waals surface area contributed by atoms with E-state index in [9.17, 15) is 13.2 Å². The molecule has 18 heavy (non-hydrogen) atoms. The minimum absolute atomic E-state index is 0.0101. The van der Waals surface area contributed by atoms with Gasteiger partial charge in [0.15, 0.2) is 0 Å². The molecule has 1 aromatic heterocycles. The molecular formula is C12H14BrF3N2. The Balaban J connectivity index is 2.24. The lowest BCUT2D eigenvalue weighted by Crippen LogP contribution is -2.33. The molecule has 0 unspecified atom stereocenters. The molecule has 1 aliphatic rings. The summed E-state index contributed by atoms with van der Waals surface area (Å²) in [5, 5.41) is 0. The highest BCUT2D eigenvalue weighted by Crippen LogP contribution is 2.36. The van der Waals surface area contributed by atoms with Crippen molar-refractivity contribution in [3.05, 3.63) is 22.3 Å². The van der Waals surface area contributed by atoms with Gasteiger partial charge in [-0.15, -0.1) is 0 Å². The highest BCUT2D eigenvalue weighted by Gasteiger charge is 2.34. The summed E-state index contributed by atoms with van der Waals surface area (Å²) in [6, 6.07) is 1.13. The molecule has 0 atom stereocenters. The van der Waals surface area contributed by atoms with Crippen molar-refractivity contribution in [1.82, 2.24) is 4.98 Å². The van der Waals surface area contributed by atoms with Gasteiger partial charge < -0.3 is 4.90 Å². The second-order valence-corrected chi connectivity index (χ2v) is 5.54. The van der Waals surface area contributed by atoms with Crippen LogP contribution in [-0.4, -0.2) is 18.1 Å². The molecule has 0 radical (unpaired) electrons. The van der Waals surface area contributed by atoms with Crippen LogP contribution >= 0.6 is 15.9 Å². The van der Waals surface area contributed by atoms with Crippen molar-refractivity contribution in [3.63, 3.8) is 0 Å². The van der Waals surface area contributed by atoms with Gasteiger partial charge in [-0.1, -0.05) is 6.92 Å². The number of halogens is 4. The van der Waals surface area contributed by atoms with Crippen molar-refractivity contribution in [2.45, 2.75) is 25.9 Å². The van der Waals surface area contributed by atoms with E-state index in [1.165, 1.54) is 6.20 Å². The molecular weight excluding hydrogens is 309 g/mol. The first-order chi connectivity index (χ1) is 8.38. The van der Waals surface area contributed by atoms with Gasteiger partial charge in [0.2, 0.25) is 0 Å². The number of anilines is 1. The molecule has 0 N–H and O–H groups in total. The fourth-order valence-electron chi connectivity index (χ4n) is 2.06. The van der Waals surface area contributed by atoms with Gasteiger partial charge in [-0.2, -0.15) is 13.2 Å². The average Bonchev–Trinajstić information content (AvgIpc) is 2.29. The Hall–Kier alpha value is -0.780. The fourth-order valence-corrected chi connectivity index (χ4v) is 2.50. The lowest BCUT2D eigenvalue weighted by atomic mass is 9.99. The van der Waals surface area contributed by atoms with Crippen molar-refractivity contribution in [3.8, 4) is 0 Å². The number of hydrogen-bond donors (Lipinski definition) is 0. The largest absolute Gasteiger partial charge is 0.417 e. The van der Waals surface area contributed by atoms with Crippen molar-refractivity contribution < 1.29 is 13.2 Å². The second kappa shape index (κ2) is 5.07. The van der Waals surface area contributed by atoms with Gasteiger partial charge in [-0.05, 0) is 40.8 Å². The SMILES string of the molecule is CC1CCN(c2cc(C(F)(F)F)c(Br)cn2)CC1. The molecule has 2 nitrogen and oxygen atoms in total. The Bertz CT molecular complexity index is 426. The van der Waals surface area contributed by atoms with E-state index in [4.69, 9.17) is 0 Å². The molecule has 1 aromatic rings. The van der Waals surface area contributed by atoms with Gasteiger partial charge in [0.25, 0.3) is 0 Å². The third-order valence-corrected chi connectivity index (χ3v) is 3.89. The van der Waals surface area contributed by atoms with Crippen molar-refractivity contribution >= 4 is 21.7 Å². The van der Waals surface area contributed by atoms with E-state index in [-0.39, 0.29) is 4.47 Å². The Morgan fingerprint density at radius 1 is 1.33 bits per heavy atom. The van der Waals surface area contributed by atoms with Crippen LogP contribution in [0.25, 0.3) is 0 Å². The highest BCUT2D eigenvalue weighted by molar-refractivity contribution is 9.10. The Kier molecular flexibility index (Phi) is 3.84. The first kappa shape index (κ1) is 13.6. The van der Waals surface area contributed by atoms with E-state index in [0.717, 1.165) is 32.0 Å². The van der Waals surface area contributed by atoms with Crippen molar-refractivity contribution in [2.75, 3.05) is 18.0 Å². The molecule has 0 bridgehead atoms. The lowest BCUT2D eigenvalue weighted by molar-refractivity contribution is -0.138. The maximum Gasteiger partial charge on any atom is 0.417 e. The number of pyridine rings is 1. The van der Waals surface area contributed by atoms with Gasteiger partial charge in [0, 0.05) is 23.8 Å². The number of rotatable bonds is 1. The number of aromatic nitrogens is 1. The second-order valence-electron chi connectivity index (χ2n) is 4.69. The van der Waals surface area contributed by atoms with E-state index in [1.54, 1.807) is 0 Å². The van der Waals surface area contributed by atoms with Gasteiger partial charge in [0.05, 0.1) is 5.56 Å². The zero-order valence-electron chi connectivity index (χ0n) is 9.97. The van der Waals surface area contributed by atoms with Crippen LogP contribution < -0.4 is 4.90 Å². The lowest BCUT2D eigenvalue weighted by Gasteiger charge is -2.31. The van der Waals surface area contributed by atoms with Crippen molar-refractivity contribution in [1.29, 1.82) is 0 Å². The molecule has 6 heteroatoms. The molecule has 1 aliphatic heterocycles. The van der Waals surface area contributed by atoms with Crippen molar-refractivity contribution in [2.24, 2.45) is 5.92 Å². The van der Waals surface area contributed by atoms with E-state index in [2.05, 4.69) is 27.8 Å². The molecule has 0 aromatic carbocycles. The number of alkyl halides is 3. The third kappa shape index (κ3) is 2.96. The summed E-state index contributed by atoms with van der Waals surface area (Å²) in [7, 11) is 0. The standard InChI is InChI=1S/C12H14BrF3N2/c1-8-2-4-18(5-3-8)11-6-9(12(14,15)16)10(13)7-17-11/h6-8H,2-5H2,1H3. The van der Waals surface area contributed by atoms with E-state index in [1.807, 2.05) is 4.90 Å². The van der Waals surface area contributed by atoms with Gasteiger partial charge >= 0.3 is 6.18 Å². The van der Waals surface area contributed by atoms with Crippen LogP contribution in [0.1, 0.15) is 25.3 Å². The summed E-state index contributed by atoms with van der Waals surface area (Å²) < 4.78 is 38.3. The Morgan fingerprint density at radius 2 is 1.94 bits per heavy atom. The third-order valence-electron chi connectivity index (χ3n) is 3.25. The van der Waals surface area contributed by atoms with Crippen LogP contribution in [0.5, 0.6) is 0 Å². The summed E-state index contributed by atoms with van der Waals surface area (Å²) in [5.74, 6) is 1.05. The van der Waals surface area contributed by atoms with Crippen LogP contribution in [0.2, 0.25) is 0 Å². The number of hydrogen-bond acceptors (Lipinski definition) is 2. The maximum atomic E-state index is 12.8. The van der Waals surface area contributed by atoms with Crippen LogP contribution in [0.15, 0.2) is 16.7 Å². The highest BCUT2D eigenvalue weighted by atomic mass is 79.9. The van der Waals surface area contributed by atoms with Crippen LogP contribution in [-0.2, 0) is 6.18 Å². The van der Waals surface area contributed by atoms with E-state index in [0.29, 0.717) is 11.7 Å². The van der Waals surface area contributed by atoms with Gasteiger partial charge in [0.1, 0.15) is 5.82 Å². The molecule has 0 amide bonds. The zero-order chi connectivity index (χ0) is 13.3. The smallest absolute Gasteiger partial charge is 0.357 e. The van der Waals surface area contributed by atoms with Gasteiger partial charge in [-0.3, -0.25) is 0 Å². The quantitative estimate of drug-likeness (QED) is 0.773. The molecule has 1 fully saturated rings. The topological polar surface area (TPSA) is 16.1 Å². The summed E-state index contributed by atoms with van der Waals surface area (Å²) >= 11 is 2.90. The molecule has 2 rings (SSSR count). The maximum absolute atomic E-state index is 12.8. The molecule has 0 spiro atoms. The van der Waals surface area contributed by atoms with Gasteiger partial charge in [-0.25, -0.2) is 4.98 Å². The molecule has 100 valence electrons. The first-order valence-corrected chi connectivity index (χ1v) is 6.65. The summed E-state index contributed by atoms with van der Waals surface area (Å²) in [6.07, 6.45) is -1.12. The predicted molar refractivity (Wildman–Crippen MR) is 67.6 cm³/mol.